The predicted octanol–water partition coefficient (Wildman–Crippen LogP) is 2.05. The van der Waals surface area contributed by atoms with Crippen molar-refractivity contribution in [3.8, 4) is 5.69 Å². The molecular weight excluding hydrogens is 381 g/mol. The zero-order chi connectivity index (χ0) is 20.7. The number of carboxylic acids is 1. The van der Waals surface area contributed by atoms with Crippen molar-refractivity contribution in [2.24, 2.45) is 5.41 Å². The molecule has 11 heteroatoms. The number of hydrogen-bond acceptors (Lipinski definition) is 4. The van der Waals surface area contributed by atoms with Gasteiger partial charge in [0.25, 0.3) is 0 Å². The molecule has 3 rings (SSSR count). The number of carboxylic acid groups (broad SMARTS) is 1. The maximum Gasteiger partial charge on any atom is 0.434 e. The Balaban J connectivity index is 1.94. The summed E-state index contributed by atoms with van der Waals surface area (Å²) < 4.78 is 40.5. The highest BCUT2D eigenvalue weighted by Gasteiger charge is 2.56. The molecule has 3 N–H and O–H groups in total. The van der Waals surface area contributed by atoms with Gasteiger partial charge in [0.2, 0.25) is 11.8 Å². The predicted molar refractivity (Wildman–Crippen MR) is 89.9 cm³/mol. The maximum absolute atomic E-state index is 13.4. The lowest BCUT2D eigenvalue weighted by molar-refractivity contribution is -0.143. The van der Waals surface area contributed by atoms with Gasteiger partial charge >= 0.3 is 12.1 Å². The number of nitrogens with zero attached hydrogens (tertiary/aromatic N) is 2. The van der Waals surface area contributed by atoms with Crippen LogP contribution in [0, 0.1) is 5.41 Å². The van der Waals surface area contributed by atoms with Crippen LogP contribution in [0.4, 0.5) is 18.9 Å². The van der Waals surface area contributed by atoms with Crippen molar-refractivity contribution in [2.45, 2.75) is 19.0 Å². The van der Waals surface area contributed by atoms with Gasteiger partial charge in [-0.2, -0.15) is 18.3 Å². The fourth-order valence-electron chi connectivity index (χ4n) is 2.86. The van der Waals surface area contributed by atoms with Crippen LogP contribution in [0.5, 0.6) is 0 Å². The Labute approximate surface area is 156 Å². The topological polar surface area (TPSA) is 113 Å². The fourth-order valence-corrected chi connectivity index (χ4v) is 2.86. The summed E-state index contributed by atoms with van der Waals surface area (Å²) in [4.78, 5) is 35.4. The average Bonchev–Trinajstić information content (AvgIpc) is 3.31. The van der Waals surface area contributed by atoms with Crippen molar-refractivity contribution in [1.82, 2.24) is 15.1 Å². The fraction of sp³-hybridized carbons (Fsp3) is 0.294. The molecule has 2 amide bonds. The highest BCUT2D eigenvalue weighted by Crippen LogP contribution is 2.46. The van der Waals surface area contributed by atoms with Crippen LogP contribution in [0.2, 0.25) is 0 Å². The molecule has 0 radical (unpaired) electrons. The molecule has 0 unspecified atom stereocenters. The van der Waals surface area contributed by atoms with E-state index in [2.05, 4.69) is 15.7 Å². The Kier molecular flexibility index (Phi) is 4.61. The van der Waals surface area contributed by atoms with Crippen molar-refractivity contribution in [3.05, 3.63) is 41.7 Å². The van der Waals surface area contributed by atoms with Crippen molar-refractivity contribution in [2.75, 3.05) is 12.4 Å². The summed E-state index contributed by atoms with van der Waals surface area (Å²) in [5.41, 5.74) is -3.55. The van der Waals surface area contributed by atoms with Gasteiger partial charge in [0.1, 0.15) is 11.0 Å². The Morgan fingerprint density at radius 1 is 1.21 bits per heavy atom. The molecule has 1 fully saturated rings. The highest BCUT2D eigenvalue weighted by atomic mass is 19.4. The summed E-state index contributed by atoms with van der Waals surface area (Å²) in [5, 5.41) is 17.5. The quantitative estimate of drug-likeness (QED) is 0.670. The minimum absolute atomic E-state index is 0.0950. The van der Waals surface area contributed by atoms with Crippen molar-refractivity contribution in [3.63, 3.8) is 0 Å². The molecule has 148 valence electrons. The molecule has 0 saturated heterocycles. The Morgan fingerprint density at radius 2 is 1.89 bits per heavy atom. The first-order valence-electron chi connectivity index (χ1n) is 8.13. The molecule has 0 atom stereocenters. The molecule has 8 nitrogen and oxygen atoms in total. The number of hydrogen-bond donors (Lipinski definition) is 3. The summed E-state index contributed by atoms with van der Waals surface area (Å²) in [7, 11) is 1.41. The van der Waals surface area contributed by atoms with Gasteiger partial charge < -0.3 is 15.7 Å². The number of amides is 2. The van der Waals surface area contributed by atoms with E-state index in [1.807, 2.05) is 0 Å². The van der Waals surface area contributed by atoms with E-state index in [-0.39, 0.29) is 11.4 Å². The smallest absolute Gasteiger partial charge is 0.434 e. The second-order valence-electron chi connectivity index (χ2n) is 6.29. The van der Waals surface area contributed by atoms with Crippen molar-refractivity contribution < 1.29 is 32.7 Å². The number of nitrogens with one attached hydrogen (secondary N) is 2. The molecule has 1 aliphatic rings. The van der Waals surface area contributed by atoms with Crippen LogP contribution >= 0.6 is 0 Å². The number of benzene rings is 1. The summed E-state index contributed by atoms with van der Waals surface area (Å²) in [6, 6.07) is 5.32. The Morgan fingerprint density at radius 3 is 2.43 bits per heavy atom. The summed E-state index contributed by atoms with van der Waals surface area (Å²) >= 11 is 0. The third-order valence-corrected chi connectivity index (χ3v) is 4.46. The van der Waals surface area contributed by atoms with Gasteiger partial charge in [0.05, 0.1) is 11.9 Å². The Hall–Kier alpha value is -3.37. The SMILES string of the molecule is CNC(=O)C1(C(=O)Nc2cccc(-n3ncc(C(=O)O)c3C(F)(F)F)c2)CC1. The maximum atomic E-state index is 13.4. The van der Waals surface area contributed by atoms with Crippen LogP contribution in [0.15, 0.2) is 30.5 Å². The standard InChI is InChI=1S/C17H15F3N4O4/c1-21-14(27)16(5-6-16)15(28)23-9-3-2-4-10(7-9)24-12(17(18,19)20)11(8-22-24)13(25)26/h2-4,7-8H,5-6H2,1H3,(H,21,27)(H,23,28)(H,25,26). The van der Waals surface area contributed by atoms with Crippen LogP contribution in [0.1, 0.15) is 28.9 Å². The second-order valence-corrected chi connectivity index (χ2v) is 6.29. The second kappa shape index (κ2) is 6.66. The number of alkyl halides is 3. The monoisotopic (exact) mass is 396 g/mol. The van der Waals surface area contributed by atoms with E-state index in [0.717, 1.165) is 0 Å². The molecule has 28 heavy (non-hydrogen) atoms. The van der Waals surface area contributed by atoms with Crippen LogP contribution in [0.3, 0.4) is 0 Å². The number of aromatic carboxylic acids is 1. The minimum Gasteiger partial charge on any atom is -0.478 e. The van der Waals surface area contributed by atoms with E-state index in [0.29, 0.717) is 23.7 Å². The number of halogens is 3. The lowest BCUT2D eigenvalue weighted by Gasteiger charge is -2.15. The van der Waals surface area contributed by atoms with Crippen LogP contribution in [0.25, 0.3) is 5.69 Å². The van der Waals surface area contributed by atoms with E-state index < -0.39 is 40.6 Å². The Bertz CT molecular complexity index is 964. The van der Waals surface area contributed by atoms with Crippen molar-refractivity contribution >= 4 is 23.5 Å². The van der Waals surface area contributed by atoms with Gasteiger partial charge in [-0.15, -0.1) is 0 Å². The number of carbonyl (C=O) groups excluding carboxylic acids is 2. The van der Waals surface area contributed by atoms with Gasteiger partial charge in [0, 0.05) is 12.7 Å². The number of rotatable bonds is 5. The summed E-state index contributed by atoms with van der Waals surface area (Å²) in [6.45, 7) is 0. The average molecular weight is 396 g/mol. The zero-order valence-electron chi connectivity index (χ0n) is 14.5. The molecule has 1 saturated carbocycles. The van der Waals surface area contributed by atoms with Gasteiger partial charge in [-0.3, -0.25) is 9.59 Å². The first kappa shape index (κ1) is 19.4. The third kappa shape index (κ3) is 3.30. The van der Waals surface area contributed by atoms with Gasteiger partial charge in [-0.1, -0.05) is 6.07 Å². The van der Waals surface area contributed by atoms with E-state index in [4.69, 9.17) is 5.11 Å². The van der Waals surface area contributed by atoms with E-state index in [9.17, 15) is 27.6 Å². The van der Waals surface area contributed by atoms with Crippen LogP contribution < -0.4 is 10.6 Å². The number of anilines is 1. The van der Waals surface area contributed by atoms with Gasteiger partial charge in [-0.25, -0.2) is 9.48 Å². The third-order valence-electron chi connectivity index (χ3n) is 4.46. The molecule has 1 aliphatic carbocycles. The van der Waals surface area contributed by atoms with Gasteiger partial charge in [0.15, 0.2) is 5.69 Å². The normalized spacial score (nSPS) is 15.0. The van der Waals surface area contributed by atoms with E-state index >= 15 is 0 Å². The van der Waals surface area contributed by atoms with Crippen LogP contribution in [-0.4, -0.2) is 39.7 Å². The molecule has 1 heterocycles. The molecule has 0 spiro atoms. The van der Waals surface area contributed by atoms with Gasteiger partial charge in [-0.05, 0) is 31.0 Å². The molecule has 1 aromatic heterocycles. The highest BCUT2D eigenvalue weighted by molar-refractivity contribution is 6.13. The first-order valence-corrected chi connectivity index (χ1v) is 8.13. The summed E-state index contributed by atoms with van der Waals surface area (Å²) in [5.74, 6) is -2.75. The lowest BCUT2D eigenvalue weighted by atomic mass is 10.1. The minimum atomic E-state index is -4.96. The van der Waals surface area contributed by atoms with Crippen LogP contribution in [-0.2, 0) is 15.8 Å². The molecular formula is C17H15F3N4O4. The largest absolute Gasteiger partial charge is 0.478 e. The van der Waals surface area contributed by atoms with E-state index in [1.165, 1.54) is 31.3 Å². The number of aromatic nitrogens is 2. The summed E-state index contributed by atoms with van der Waals surface area (Å²) in [6.07, 6.45) is -3.60. The first-order chi connectivity index (χ1) is 13.1. The zero-order valence-corrected chi connectivity index (χ0v) is 14.5. The van der Waals surface area contributed by atoms with Crippen molar-refractivity contribution in [1.29, 1.82) is 0 Å². The molecule has 2 aromatic rings. The molecule has 1 aromatic carbocycles. The molecule has 0 bridgehead atoms. The lowest BCUT2D eigenvalue weighted by Crippen LogP contribution is -2.38. The van der Waals surface area contributed by atoms with E-state index in [1.54, 1.807) is 0 Å². The number of carbonyl (C=O) groups is 3. The molecule has 0 aliphatic heterocycles.